The van der Waals surface area contributed by atoms with Gasteiger partial charge in [-0.1, -0.05) is 78.6 Å². The monoisotopic (exact) mass is 377 g/mol. The Morgan fingerprint density at radius 1 is 0.741 bits per heavy atom. The van der Waals surface area contributed by atoms with Gasteiger partial charge in [0.1, 0.15) is 0 Å². The molecular formula is C24H43NO2. The maximum absolute atomic E-state index is 10.2. The van der Waals surface area contributed by atoms with Gasteiger partial charge in [-0.15, -0.1) is 0 Å². The Balaban J connectivity index is 2.66. The number of phenolic OH excluding ortho intramolecular Hbond substituents is 1. The van der Waals surface area contributed by atoms with Gasteiger partial charge in [0.2, 0.25) is 0 Å². The fraction of sp³-hybridized carbons (Fsp3) is 0.750. The maximum atomic E-state index is 10.2. The molecule has 0 saturated heterocycles. The first kappa shape index (κ1) is 23.7. The summed E-state index contributed by atoms with van der Waals surface area (Å²) in [6, 6.07) is 5.87. The molecule has 0 bridgehead atoms. The number of benzene rings is 1. The molecule has 0 aliphatic carbocycles. The maximum Gasteiger partial charge on any atom is 0.162 e. The van der Waals surface area contributed by atoms with Gasteiger partial charge in [-0.3, -0.25) is 0 Å². The van der Waals surface area contributed by atoms with Crippen LogP contribution in [0.4, 0.5) is 5.69 Å². The molecule has 3 nitrogen and oxygen atoms in total. The van der Waals surface area contributed by atoms with Crippen molar-refractivity contribution in [2.24, 2.45) is 0 Å². The third-order valence-electron chi connectivity index (χ3n) is 5.13. The van der Waals surface area contributed by atoms with Crippen molar-refractivity contribution in [3.63, 3.8) is 0 Å². The summed E-state index contributed by atoms with van der Waals surface area (Å²) in [5.74, 6) is 0.891. The van der Waals surface area contributed by atoms with Crippen LogP contribution in [0.3, 0.4) is 0 Å². The van der Waals surface area contributed by atoms with E-state index in [9.17, 15) is 5.11 Å². The van der Waals surface area contributed by atoms with Crippen molar-refractivity contribution in [3.8, 4) is 11.5 Å². The zero-order valence-electron chi connectivity index (χ0n) is 18.1. The molecule has 0 heterocycles. The number of anilines is 1. The normalized spacial score (nSPS) is 10.9. The number of hydrogen-bond donors (Lipinski definition) is 1. The second-order valence-corrected chi connectivity index (χ2v) is 7.67. The van der Waals surface area contributed by atoms with E-state index < -0.39 is 0 Å². The smallest absolute Gasteiger partial charge is 0.162 e. The molecule has 0 aliphatic heterocycles. The zero-order chi connectivity index (χ0) is 19.7. The van der Waals surface area contributed by atoms with Crippen LogP contribution in [0.1, 0.15) is 97.8 Å². The Morgan fingerprint density at radius 2 is 1.30 bits per heavy atom. The Morgan fingerprint density at radius 3 is 1.85 bits per heavy atom. The Hall–Kier alpha value is -1.38. The third kappa shape index (κ3) is 10.5. The molecule has 3 heteroatoms. The number of ether oxygens (including phenoxy) is 1. The van der Waals surface area contributed by atoms with Gasteiger partial charge in [0.15, 0.2) is 11.5 Å². The minimum absolute atomic E-state index is 0.256. The van der Waals surface area contributed by atoms with Gasteiger partial charge in [0, 0.05) is 24.8 Å². The van der Waals surface area contributed by atoms with Crippen molar-refractivity contribution in [2.45, 2.75) is 97.8 Å². The summed E-state index contributed by atoms with van der Waals surface area (Å²) in [4.78, 5) is 2.48. The molecule has 1 aromatic rings. The molecule has 156 valence electrons. The van der Waals surface area contributed by atoms with Crippen LogP contribution < -0.4 is 9.64 Å². The lowest BCUT2D eigenvalue weighted by molar-refractivity contribution is 0.289. The van der Waals surface area contributed by atoms with Gasteiger partial charge < -0.3 is 14.7 Å². The summed E-state index contributed by atoms with van der Waals surface area (Å²) in [7, 11) is 0. The molecule has 0 unspecified atom stereocenters. The highest BCUT2D eigenvalue weighted by Gasteiger charge is 2.10. The van der Waals surface area contributed by atoms with E-state index in [1.54, 1.807) is 6.07 Å². The topological polar surface area (TPSA) is 32.7 Å². The second-order valence-electron chi connectivity index (χ2n) is 7.67. The zero-order valence-corrected chi connectivity index (χ0v) is 18.1. The van der Waals surface area contributed by atoms with Crippen molar-refractivity contribution < 1.29 is 9.84 Å². The summed E-state index contributed by atoms with van der Waals surface area (Å²) in [6.45, 7) is 9.59. The van der Waals surface area contributed by atoms with E-state index in [4.69, 9.17) is 4.74 Å². The molecular weight excluding hydrogens is 334 g/mol. The molecule has 1 aromatic carbocycles. The van der Waals surface area contributed by atoms with E-state index in [2.05, 4.69) is 25.7 Å². The Kier molecular flexibility index (Phi) is 13.7. The van der Waals surface area contributed by atoms with Gasteiger partial charge in [0.05, 0.1) is 6.61 Å². The van der Waals surface area contributed by atoms with Crippen LogP contribution in [-0.2, 0) is 0 Å². The van der Waals surface area contributed by atoms with Crippen LogP contribution in [0.15, 0.2) is 18.2 Å². The van der Waals surface area contributed by atoms with Crippen molar-refractivity contribution in [2.75, 3.05) is 24.6 Å². The number of rotatable bonds is 17. The van der Waals surface area contributed by atoms with Gasteiger partial charge in [-0.2, -0.15) is 0 Å². The Bertz CT molecular complexity index is 463. The first-order chi connectivity index (χ1) is 13.2. The molecule has 0 radical (unpaired) electrons. The molecule has 0 aromatic heterocycles. The molecule has 0 aliphatic rings. The summed E-state index contributed by atoms with van der Waals surface area (Å²) in [5, 5.41) is 10.2. The van der Waals surface area contributed by atoms with E-state index in [0.717, 1.165) is 19.5 Å². The average molecular weight is 378 g/mol. The van der Waals surface area contributed by atoms with Crippen LogP contribution >= 0.6 is 0 Å². The van der Waals surface area contributed by atoms with Crippen LogP contribution in [0.5, 0.6) is 11.5 Å². The summed E-state index contributed by atoms with van der Waals surface area (Å²) in [6.07, 6.45) is 14.9. The largest absolute Gasteiger partial charge is 0.504 e. The standard InChI is InChI=1S/C24H43NO2/c1-4-7-10-13-18-25(19-14-11-8-5-2)22-16-17-23(26)24(21-22)27-20-15-12-9-6-3/h16-17,21,26H,4-15,18-20H2,1-3H3. The predicted octanol–water partition coefficient (Wildman–Crippen LogP) is 7.32. The lowest BCUT2D eigenvalue weighted by Gasteiger charge is -2.26. The number of hydrogen-bond acceptors (Lipinski definition) is 3. The number of nitrogens with zero attached hydrogens (tertiary/aromatic N) is 1. The van der Waals surface area contributed by atoms with Gasteiger partial charge >= 0.3 is 0 Å². The highest BCUT2D eigenvalue weighted by atomic mass is 16.5. The van der Waals surface area contributed by atoms with Crippen molar-refractivity contribution in [1.82, 2.24) is 0 Å². The van der Waals surface area contributed by atoms with Gasteiger partial charge in [-0.05, 0) is 31.4 Å². The molecule has 0 atom stereocenters. The highest BCUT2D eigenvalue weighted by Crippen LogP contribution is 2.31. The summed E-state index contributed by atoms with van der Waals surface area (Å²) >= 11 is 0. The van der Waals surface area contributed by atoms with Crippen LogP contribution in [0, 0.1) is 0 Å². The molecule has 27 heavy (non-hydrogen) atoms. The highest BCUT2D eigenvalue weighted by molar-refractivity contribution is 5.56. The van der Waals surface area contributed by atoms with Crippen molar-refractivity contribution >= 4 is 5.69 Å². The number of unbranched alkanes of at least 4 members (excludes halogenated alkanes) is 9. The second kappa shape index (κ2) is 15.7. The molecule has 0 amide bonds. The van der Waals surface area contributed by atoms with Crippen LogP contribution in [-0.4, -0.2) is 24.8 Å². The van der Waals surface area contributed by atoms with Crippen LogP contribution in [0.2, 0.25) is 0 Å². The molecule has 0 spiro atoms. The molecule has 1 rings (SSSR count). The van der Waals surface area contributed by atoms with Gasteiger partial charge in [0.25, 0.3) is 0 Å². The third-order valence-corrected chi connectivity index (χ3v) is 5.13. The van der Waals surface area contributed by atoms with E-state index >= 15 is 0 Å². The first-order valence-corrected chi connectivity index (χ1v) is 11.4. The van der Waals surface area contributed by atoms with Crippen molar-refractivity contribution in [3.05, 3.63) is 18.2 Å². The minimum atomic E-state index is 0.256. The lowest BCUT2D eigenvalue weighted by Crippen LogP contribution is -2.25. The molecule has 0 fully saturated rings. The first-order valence-electron chi connectivity index (χ1n) is 11.4. The lowest BCUT2D eigenvalue weighted by atomic mass is 10.1. The number of aromatic hydroxyl groups is 1. The molecule has 0 saturated carbocycles. The van der Waals surface area contributed by atoms with E-state index in [-0.39, 0.29) is 5.75 Å². The Labute approximate surface area is 168 Å². The fourth-order valence-electron chi connectivity index (χ4n) is 3.35. The summed E-state index contributed by atoms with van der Waals surface area (Å²) < 4.78 is 5.88. The fourth-order valence-corrected chi connectivity index (χ4v) is 3.35. The quantitative estimate of drug-likeness (QED) is 0.289. The average Bonchev–Trinajstić information content (AvgIpc) is 2.68. The van der Waals surface area contributed by atoms with E-state index in [1.165, 1.54) is 76.3 Å². The van der Waals surface area contributed by atoms with Crippen LogP contribution in [0.25, 0.3) is 0 Å². The predicted molar refractivity (Wildman–Crippen MR) is 118 cm³/mol. The van der Waals surface area contributed by atoms with Gasteiger partial charge in [-0.25, -0.2) is 0 Å². The summed E-state index contributed by atoms with van der Waals surface area (Å²) in [5.41, 5.74) is 1.18. The van der Waals surface area contributed by atoms with Crippen molar-refractivity contribution in [1.29, 1.82) is 0 Å². The number of phenols is 1. The molecule has 1 N–H and O–H groups in total. The minimum Gasteiger partial charge on any atom is -0.504 e. The SMILES string of the molecule is CCCCCCOc1cc(N(CCCCCC)CCCCCC)ccc1O. The van der Waals surface area contributed by atoms with E-state index in [1.807, 2.05) is 12.1 Å². The van der Waals surface area contributed by atoms with E-state index in [0.29, 0.717) is 12.4 Å².